The molecule has 2 rings (SSSR count). The molecule has 0 radical (unpaired) electrons. The zero-order valence-corrected chi connectivity index (χ0v) is 14.7. The Hall–Kier alpha value is -2.82. The first-order chi connectivity index (χ1) is 12.1. The third kappa shape index (κ3) is 5.95. The smallest absolute Gasteiger partial charge is 0.240 e. The van der Waals surface area contributed by atoms with Crippen LogP contribution in [0.15, 0.2) is 54.6 Å². The van der Waals surface area contributed by atoms with Gasteiger partial charge >= 0.3 is 0 Å². The van der Waals surface area contributed by atoms with Gasteiger partial charge in [-0.3, -0.25) is 9.59 Å². The highest BCUT2D eigenvalue weighted by Gasteiger charge is 2.16. The maximum absolute atomic E-state index is 12.2. The minimum absolute atomic E-state index is 0.00611. The van der Waals surface area contributed by atoms with Gasteiger partial charge in [-0.25, -0.2) is 0 Å². The van der Waals surface area contributed by atoms with Crippen LogP contribution in [0.25, 0.3) is 0 Å². The summed E-state index contributed by atoms with van der Waals surface area (Å²) in [6.45, 7) is 2.02. The van der Waals surface area contributed by atoms with Gasteiger partial charge in [-0.15, -0.1) is 0 Å². The van der Waals surface area contributed by atoms with Crippen LogP contribution in [0, 0.1) is 0 Å². The van der Waals surface area contributed by atoms with E-state index < -0.39 is 0 Å². The molecule has 0 aliphatic rings. The predicted molar refractivity (Wildman–Crippen MR) is 98.8 cm³/mol. The van der Waals surface area contributed by atoms with E-state index in [2.05, 4.69) is 17.4 Å². The van der Waals surface area contributed by atoms with Crippen molar-refractivity contribution >= 4 is 17.5 Å². The number of hydrogen-bond acceptors (Lipinski definition) is 3. The Morgan fingerprint density at radius 1 is 1.08 bits per heavy atom. The third-order valence-electron chi connectivity index (χ3n) is 3.85. The first-order valence-corrected chi connectivity index (χ1v) is 8.33. The van der Waals surface area contributed by atoms with Crippen molar-refractivity contribution in [1.29, 1.82) is 0 Å². The van der Waals surface area contributed by atoms with E-state index in [0.717, 1.165) is 12.8 Å². The maximum Gasteiger partial charge on any atom is 0.240 e. The molecule has 0 aliphatic heterocycles. The van der Waals surface area contributed by atoms with Crippen molar-refractivity contribution < 1.29 is 14.3 Å². The molecule has 0 atom stereocenters. The van der Waals surface area contributed by atoms with Crippen LogP contribution in [0.4, 0.5) is 5.69 Å². The van der Waals surface area contributed by atoms with E-state index >= 15 is 0 Å². The summed E-state index contributed by atoms with van der Waals surface area (Å²) in [5.41, 5.74) is 1.89. The quantitative estimate of drug-likeness (QED) is 0.752. The molecule has 132 valence electrons. The molecule has 0 bridgehead atoms. The second-order valence-electron chi connectivity index (χ2n) is 5.75. The number of rotatable bonds is 8. The van der Waals surface area contributed by atoms with Crippen LogP contribution >= 0.6 is 0 Å². The molecule has 0 aliphatic carbocycles. The molecule has 0 spiro atoms. The van der Waals surface area contributed by atoms with E-state index in [1.54, 1.807) is 31.4 Å². The number of methoxy groups -OCH3 is 1. The Morgan fingerprint density at radius 3 is 2.52 bits per heavy atom. The lowest BCUT2D eigenvalue weighted by Crippen LogP contribution is -2.40. The maximum atomic E-state index is 12.2. The van der Waals surface area contributed by atoms with Crippen LogP contribution in [0.3, 0.4) is 0 Å². The Bertz CT molecular complexity index is 701. The van der Waals surface area contributed by atoms with Crippen molar-refractivity contribution in [2.24, 2.45) is 0 Å². The average Bonchev–Trinajstić information content (AvgIpc) is 2.64. The van der Waals surface area contributed by atoms with Crippen LogP contribution in [-0.4, -0.2) is 32.0 Å². The molecule has 5 heteroatoms. The summed E-state index contributed by atoms with van der Waals surface area (Å²) < 4.78 is 5.17. The monoisotopic (exact) mass is 340 g/mol. The minimum atomic E-state index is -0.187. The number of anilines is 1. The number of amides is 2. The zero-order chi connectivity index (χ0) is 18.1. The van der Waals surface area contributed by atoms with Gasteiger partial charge in [-0.1, -0.05) is 36.4 Å². The fraction of sp³-hybridized carbons (Fsp3) is 0.300. The fourth-order valence-electron chi connectivity index (χ4n) is 2.53. The molecule has 25 heavy (non-hydrogen) atoms. The number of nitrogens with zero attached hydrogens (tertiary/aromatic N) is 1. The molecule has 0 saturated carbocycles. The van der Waals surface area contributed by atoms with Crippen molar-refractivity contribution in [3.8, 4) is 5.75 Å². The molecule has 0 aromatic heterocycles. The number of ether oxygens (including phenoxy) is 1. The highest BCUT2D eigenvalue weighted by Crippen LogP contribution is 2.20. The van der Waals surface area contributed by atoms with Crippen LogP contribution < -0.4 is 15.0 Å². The molecular formula is C20H24N2O3. The molecule has 0 fully saturated rings. The van der Waals surface area contributed by atoms with Gasteiger partial charge in [-0.2, -0.15) is 0 Å². The summed E-state index contributed by atoms with van der Waals surface area (Å²) >= 11 is 0. The highest BCUT2D eigenvalue weighted by molar-refractivity contribution is 5.97. The largest absolute Gasteiger partial charge is 0.497 e. The van der Waals surface area contributed by atoms with Crippen molar-refractivity contribution in [3.63, 3.8) is 0 Å². The first kappa shape index (κ1) is 18.5. The highest BCUT2D eigenvalue weighted by atomic mass is 16.5. The molecule has 1 N–H and O–H groups in total. The second-order valence-corrected chi connectivity index (χ2v) is 5.75. The summed E-state index contributed by atoms with van der Waals surface area (Å²) in [5, 5.41) is 2.87. The molecule has 0 heterocycles. The van der Waals surface area contributed by atoms with E-state index in [9.17, 15) is 9.59 Å². The SMILES string of the molecule is COc1cccc(N(CC(=O)NCCCc2ccccc2)C(C)=O)c1. The molecular weight excluding hydrogens is 316 g/mol. The molecule has 2 aromatic carbocycles. The number of carbonyl (C=O) groups excluding carboxylic acids is 2. The van der Waals surface area contributed by atoms with Crippen molar-refractivity contribution in [2.75, 3.05) is 25.1 Å². The number of nitrogens with one attached hydrogen (secondary N) is 1. The van der Waals surface area contributed by atoms with Gasteiger partial charge < -0.3 is 15.0 Å². The lowest BCUT2D eigenvalue weighted by atomic mass is 10.1. The lowest BCUT2D eigenvalue weighted by Gasteiger charge is -2.21. The zero-order valence-electron chi connectivity index (χ0n) is 14.7. The van der Waals surface area contributed by atoms with Crippen LogP contribution in [0.2, 0.25) is 0 Å². The first-order valence-electron chi connectivity index (χ1n) is 8.33. The molecule has 0 saturated heterocycles. The van der Waals surface area contributed by atoms with E-state index in [1.807, 2.05) is 18.2 Å². The van der Waals surface area contributed by atoms with Crippen LogP contribution in [0.5, 0.6) is 5.75 Å². The molecule has 2 amide bonds. The van der Waals surface area contributed by atoms with Gasteiger partial charge in [0, 0.05) is 25.2 Å². The fourth-order valence-corrected chi connectivity index (χ4v) is 2.53. The number of carbonyl (C=O) groups is 2. The second kappa shape index (κ2) is 9.47. The summed E-state index contributed by atoms with van der Waals surface area (Å²) in [6, 6.07) is 17.3. The van der Waals surface area contributed by atoms with Gasteiger partial charge in [0.15, 0.2) is 0 Å². The summed E-state index contributed by atoms with van der Waals surface area (Å²) in [5.74, 6) is 0.283. The van der Waals surface area contributed by atoms with Crippen molar-refractivity contribution in [3.05, 3.63) is 60.2 Å². The van der Waals surface area contributed by atoms with Gasteiger partial charge in [0.25, 0.3) is 0 Å². The van der Waals surface area contributed by atoms with Gasteiger partial charge in [0.2, 0.25) is 11.8 Å². The number of aryl methyl sites for hydroxylation is 1. The molecule has 0 unspecified atom stereocenters. The number of benzene rings is 2. The lowest BCUT2D eigenvalue weighted by molar-refractivity contribution is -0.123. The van der Waals surface area contributed by atoms with Gasteiger partial charge in [0.1, 0.15) is 12.3 Å². The van der Waals surface area contributed by atoms with Crippen molar-refractivity contribution in [2.45, 2.75) is 19.8 Å². The predicted octanol–water partition coefficient (Wildman–Crippen LogP) is 2.80. The van der Waals surface area contributed by atoms with E-state index in [0.29, 0.717) is 18.0 Å². The normalized spacial score (nSPS) is 10.2. The Balaban J connectivity index is 1.84. The number of hydrogen-bond donors (Lipinski definition) is 1. The van der Waals surface area contributed by atoms with Crippen LogP contribution in [-0.2, 0) is 16.0 Å². The van der Waals surface area contributed by atoms with Gasteiger partial charge in [0.05, 0.1) is 7.11 Å². The Morgan fingerprint density at radius 2 is 1.84 bits per heavy atom. The van der Waals surface area contributed by atoms with E-state index in [4.69, 9.17) is 4.74 Å². The van der Waals surface area contributed by atoms with E-state index in [1.165, 1.54) is 17.4 Å². The summed E-state index contributed by atoms with van der Waals surface area (Å²) in [7, 11) is 1.57. The van der Waals surface area contributed by atoms with Crippen molar-refractivity contribution in [1.82, 2.24) is 5.32 Å². The topological polar surface area (TPSA) is 58.6 Å². The summed E-state index contributed by atoms with van der Waals surface area (Å²) in [4.78, 5) is 25.5. The molecule has 2 aromatic rings. The minimum Gasteiger partial charge on any atom is -0.497 e. The summed E-state index contributed by atoms with van der Waals surface area (Å²) in [6.07, 6.45) is 1.77. The van der Waals surface area contributed by atoms with Gasteiger partial charge in [-0.05, 0) is 30.5 Å². The standard InChI is InChI=1S/C20H24N2O3/c1-16(23)22(18-11-6-12-19(14-18)25-2)15-20(24)21-13-7-10-17-8-4-3-5-9-17/h3-6,8-9,11-12,14H,7,10,13,15H2,1-2H3,(H,21,24). The van der Waals surface area contributed by atoms with Crippen LogP contribution in [0.1, 0.15) is 18.9 Å². The van der Waals surface area contributed by atoms with E-state index in [-0.39, 0.29) is 18.4 Å². The third-order valence-corrected chi connectivity index (χ3v) is 3.85. The Kier molecular flexibility index (Phi) is 7.01. The average molecular weight is 340 g/mol. The Labute approximate surface area is 148 Å². The molecule has 5 nitrogen and oxygen atoms in total.